The summed E-state index contributed by atoms with van der Waals surface area (Å²) < 4.78 is 5.38. The minimum atomic E-state index is 0.0553. The molecule has 2 N–H and O–H groups in total. The number of benzene rings is 1. The fourth-order valence-electron chi connectivity index (χ4n) is 2.29. The second-order valence-corrected chi connectivity index (χ2v) is 5.77. The van der Waals surface area contributed by atoms with E-state index < -0.39 is 0 Å². The highest BCUT2D eigenvalue weighted by molar-refractivity contribution is 5.81. The molecule has 1 aromatic carbocycles. The van der Waals surface area contributed by atoms with E-state index in [-0.39, 0.29) is 11.9 Å². The maximum Gasteiger partial charge on any atom is 0.221 e. The number of guanidine groups is 1. The largest absolute Gasteiger partial charge is 0.496 e. The zero-order chi connectivity index (χ0) is 17.9. The van der Waals surface area contributed by atoms with E-state index in [1.165, 1.54) is 0 Å². The second kappa shape index (κ2) is 10.5. The summed E-state index contributed by atoms with van der Waals surface area (Å²) in [5.74, 6) is 1.66. The van der Waals surface area contributed by atoms with Crippen molar-refractivity contribution in [3.05, 3.63) is 29.8 Å². The number of hydrogen-bond donors (Lipinski definition) is 2. The Balaban J connectivity index is 2.50. The lowest BCUT2D eigenvalue weighted by atomic mass is 10.2. The third-order valence-electron chi connectivity index (χ3n) is 3.83. The van der Waals surface area contributed by atoms with E-state index in [9.17, 15) is 4.79 Å². The van der Waals surface area contributed by atoms with E-state index in [0.717, 1.165) is 23.7 Å². The molecule has 1 aromatic rings. The van der Waals surface area contributed by atoms with Crippen LogP contribution in [0.25, 0.3) is 0 Å². The number of aliphatic imine (C=N–C) groups is 1. The van der Waals surface area contributed by atoms with Crippen molar-refractivity contribution in [3.8, 4) is 5.75 Å². The molecule has 1 rings (SSSR count). The van der Waals surface area contributed by atoms with Crippen LogP contribution in [-0.4, -0.2) is 50.6 Å². The number of amides is 1. The molecule has 0 aliphatic heterocycles. The Kier molecular flexibility index (Phi) is 8.68. The van der Waals surface area contributed by atoms with Gasteiger partial charge in [-0.2, -0.15) is 0 Å². The summed E-state index contributed by atoms with van der Waals surface area (Å²) in [6, 6.07) is 8.12. The molecule has 0 fully saturated rings. The van der Waals surface area contributed by atoms with Gasteiger partial charge in [0.15, 0.2) is 5.96 Å². The zero-order valence-corrected chi connectivity index (χ0v) is 15.4. The molecule has 134 valence electrons. The molecule has 0 heterocycles. The van der Waals surface area contributed by atoms with Gasteiger partial charge in [-0.15, -0.1) is 0 Å². The third kappa shape index (κ3) is 6.48. The van der Waals surface area contributed by atoms with Gasteiger partial charge in [-0.3, -0.25) is 9.79 Å². The van der Waals surface area contributed by atoms with E-state index >= 15 is 0 Å². The van der Waals surface area contributed by atoms with Crippen molar-refractivity contribution in [1.29, 1.82) is 0 Å². The standard InChI is InChI=1S/C18H30N4O2/c1-6-14(2)21-17(23)11-12-20-18(19-3)22(4)13-15-9-7-8-10-16(15)24-5/h7-10,14H,6,11-13H2,1-5H3,(H,19,20)(H,21,23). The molecule has 1 atom stereocenters. The molecule has 24 heavy (non-hydrogen) atoms. The van der Waals surface area contributed by atoms with Crippen molar-refractivity contribution in [3.63, 3.8) is 0 Å². The molecule has 0 bridgehead atoms. The summed E-state index contributed by atoms with van der Waals surface area (Å²) in [7, 11) is 5.36. The molecule has 0 spiro atoms. The summed E-state index contributed by atoms with van der Waals surface area (Å²) in [5.41, 5.74) is 1.08. The average Bonchev–Trinajstić information content (AvgIpc) is 2.58. The molecule has 0 radical (unpaired) electrons. The Hall–Kier alpha value is -2.24. The van der Waals surface area contributed by atoms with Gasteiger partial charge in [0.25, 0.3) is 0 Å². The summed E-state index contributed by atoms with van der Waals surface area (Å²) in [6.45, 7) is 5.27. The van der Waals surface area contributed by atoms with Crippen LogP contribution in [0, 0.1) is 0 Å². The number of rotatable bonds is 8. The van der Waals surface area contributed by atoms with Crippen LogP contribution in [0.15, 0.2) is 29.3 Å². The molecule has 0 aromatic heterocycles. The van der Waals surface area contributed by atoms with E-state index in [0.29, 0.717) is 19.5 Å². The number of ether oxygens (including phenoxy) is 1. The Morgan fingerprint density at radius 1 is 1.38 bits per heavy atom. The molecule has 6 nitrogen and oxygen atoms in total. The fourth-order valence-corrected chi connectivity index (χ4v) is 2.29. The first-order valence-electron chi connectivity index (χ1n) is 8.34. The van der Waals surface area contributed by atoms with Crippen LogP contribution < -0.4 is 15.4 Å². The van der Waals surface area contributed by atoms with Gasteiger partial charge >= 0.3 is 0 Å². The number of carbonyl (C=O) groups is 1. The minimum absolute atomic E-state index is 0.0553. The number of hydrogen-bond acceptors (Lipinski definition) is 3. The van der Waals surface area contributed by atoms with Gasteiger partial charge in [-0.1, -0.05) is 25.1 Å². The lowest BCUT2D eigenvalue weighted by Gasteiger charge is -2.23. The molecule has 1 amide bonds. The van der Waals surface area contributed by atoms with Crippen LogP contribution >= 0.6 is 0 Å². The van der Waals surface area contributed by atoms with Gasteiger partial charge in [0.05, 0.1) is 7.11 Å². The molecular weight excluding hydrogens is 304 g/mol. The number of carbonyl (C=O) groups excluding carboxylic acids is 1. The summed E-state index contributed by atoms with van der Waals surface area (Å²) in [5, 5.41) is 6.18. The van der Waals surface area contributed by atoms with Crippen LogP contribution in [0.3, 0.4) is 0 Å². The van der Waals surface area contributed by atoms with E-state index in [4.69, 9.17) is 4.74 Å². The van der Waals surface area contributed by atoms with Crippen molar-refractivity contribution in [2.24, 2.45) is 4.99 Å². The molecule has 0 aliphatic carbocycles. The van der Waals surface area contributed by atoms with E-state index in [1.807, 2.05) is 43.1 Å². The Bertz CT molecular complexity index is 546. The lowest BCUT2D eigenvalue weighted by Crippen LogP contribution is -2.41. The molecular formula is C18H30N4O2. The number of methoxy groups -OCH3 is 1. The van der Waals surface area contributed by atoms with Crippen molar-refractivity contribution in [2.75, 3.05) is 27.7 Å². The smallest absolute Gasteiger partial charge is 0.221 e. The van der Waals surface area contributed by atoms with Crippen LogP contribution in [-0.2, 0) is 11.3 Å². The molecule has 0 saturated heterocycles. The van der Waals surface area contributed by atoms with Crippen LogP contribution in [0.4, 0.5) is 0 Å². The quantitative estimate of drug-likeness (QED) is 0.564. The van der Waals surface area contributed by atoms with Gasteiger partial charge in [-0.25, -0.2) is 0 Å². The topological polar surface area (TPSA) is 66.0 Å². The normalized spacial score (nSPS) is 12.5. The maximum absolute atomic E-state index is 11.8. The highest BCUT2D eigenvalue weighted by Crippen LogP contribution is 2.18. The summed E-state index contributed by atoms with van der Waals surface area (Å²) in [4.78, 5) is 18.1. The zero-order valence-electron chi connectivity index (χ0n) is 15.4. The average molecular weight is 334 g/mol. The Labute approximate surface area is 145 Å². The van der Waals surface area contributed by atoms with Crippen molar-refractivity contribution in [1.82, 2.24) is 15.5 Å². The molecule has 1 unspecified atom stereocenters. The minimum Gasteiger partial charge on any atom is -0.496 e. The van der Waals surface area contributed by atoms with Crippen molar-refractivity contribution < 1.29 is 9.53 Å². The number of para-hydroxylation sites is 1. The summed E-state index contributed by atoms with van der Waals surface area (Å²) in [6.07, 6.45) is 1.36. The first kappa shape index (κ1) is 19.8. The lowest BCUT2D eigenvalue weighted by molar-refractivity contribution is -0.121. The van der Waals surface area contributed by atoms with Gasteiger partial charge < -0.3 is 20.3 Å². The van der Waals surface area contributed by atoms with Crippen LogP contribution in [0.5, 0.6) is 5.75 Å². The highest BCUT2D eigenvalue weighted by atomic mass is 16.5. The highest BCUT2D eigenvalue weighted by Gasteiger charge is 2.11. The summed E-state index contributed by atoms with van der Waals surface area (Å²) >= 11 is 0. The van der Waals surface area contributed by atoms with Crippen LogP contribution in [0.2, 0.25) is 0 Å². The fraction of sp³-hybridized carbons (Fsp3) is 0.556. The van der Waals surface area contributed by atoms with Gasteiger partial charge in [-0.05, 0) is 19.4 Å². The molecule has 0 saturated carbocycles. The molecule has 6 heteroatoms. The molecule has 0 aliphatic rings. The Morgan fingerprint density at radius 3 is 2.71 bits per heavy atom. The van der Waals surface area contributed by atoms with E-state index in [2.05, 4.69) is 22.5 Å². The van der Waals surface area contributed by atoms with Gasteiger partial charge in [0.1, 0.15) is 5.75 Å². The second-order valence-electron chi connectivity index (χ2n) is 5.77. The first-order chi connectivity index (χ1) is 11.5. The SMILES string of the molecule is CCC(C)NC(=O)CCNC(=NC)N(C)Cc1ccccc1OC. The van der Waals surface area contributed by atoms with E-state index in [1.54, 1.807) is 14.2 Å². The number of nitrogens with one attached hydrogen (secondary N) is 2. The Morgan fingerprint density at radius 2 is 2.08 bits per heavy atom. The maximum atomic E-state index is 11.8. The van der Waals surface area contributed by atoms with Gasteiger partial charge in [0, 0.05) is 45.2 Å². The predicted octanol–water partition coefficient (Wildman–Crippen LogP) is 2.01. The monoisotopic (exact) mass is 334 g/mol. The van der Waals surface area contributed by atoms with Gasteiger partial charge in [0.2, 0.25) is 5.91 Å². The van der Waals surface area contributed by atoms with Crippen LogP contribution in [0.1, 0.15) is 32.3 Å². The first-order valence-corrected chi connectivity index (χ1v) is 8.34. The van der Waals surface area contributed by atoms with Crippen molar-refractivity contribution in [2.45, 2.75) is 39.3 Å². The van der Waals surface area contributed by atoms with Crippen molar-refractivity contribution >= 4 is 11.9 Å². The third-order valence-corrected chi connectivity index (χ3v) is 3.83. The number of nitrogens with zero attached hydrogens (tertiary/aromatic N) is 2. The predicted molar refractivity (Wildman–Crippen MR) is 98.3 cm³/mol.